The Balaban J connectivity index is 1.47. The molecule has 3 aromatic carbocycles. The maximum atomic E-state index is 13.2. The van der Waals surface area contributed by atoms with Crippen LogP contribution in [-0.4, -0.2) is 23.2 Å². The summed E-state index contributed by atoms with van der Waals surface area (Å²) in [6.07, 6.45) is 0. The van der Waals surface area contributed by atoms with Crippen molar-refractivity contribution in [3.05, 3.63) is 100 Å². The Morgan fingerprint density at radius 3 is 2.35 bits per heavy atom. The standard InChI is InChI=1S/C26H19NO4/c1-15(16-7-3-2-4-8-16)27-13-20-21(30-14-27)12-11-19-22-23(28)17-9-5-6-10-18(17)24(29)26(22)31-25(19)20/h2-12,15H,13-14H2,1H3. The fourth-order valence-corrected chi connectivity index (χ4v) is 4.60. The van der Waals surface area contributed by atoms with Crippen LogP contribution in [0.15, 0.2) is 71.1 Å². The van der Waals surface area contributed by atoms with Crippen molar-refractivity contribution >= 4 is 22.5 Å². The molecule has 1 aliphatic carbocycles. The smallest absolute Gasteiger partial charge is 0.229 e. The van der Waals surface area contributed by atoms with Crippen LogP contribution in [0.2, 0.25) is 0 Å². The van der Waals surface area contributed by atoms with Gasteiger partial charge in [0.15, 0.2) is 11.5 Å². The van der Waals surface area contributed by atoms with E-state index in [-0.39, 0.29) is 23.4 Å². The lowest BCUT2D eigenvalue weighted by molar-refractivity contribution is 0.0620. The van der Waals surface area contributed by atoms with Crippen LogP contribution in [0.4, 0.5) is 0 Å². The molecule has 0 saturated heterocycles. The first kappa shape index (κ1) is 18.1. The summed E-state index contributed by atoms with van der Waals surface area (Å²) in [4.78, 5) is 28.5. The highest BCUT2D eigenvalue weighted by Gasteiger charge is 2.36. The van der Waals surface area contributed by atoms with Crippen LogP contribution in [0.1, 0.15) is 56.1 Å². The highest BCUT2D eigenvalue weighted by atomic mass is 16.5. The minimum absolute atomic E-state index is 0.125. The molecule has 31 heavy (non-hydrogen) atoms. The van der Waals surface area contributed by atoms with Crippen LogP contribution in [0.25, 0.3) is 11.0 Å². The van der Waals surface area contributed by atoms with Crippen molar-refractivity contribution < 1.29 is 18.7 Å². The van der Waals surface area contributed by atoms with Gasteiger partial charge >= 0.3 is 0 Å². The number of carbonyl (C=O) groups is 2. The molecule has 0 fully saturated rings. The molecule has 4 aromatic rings. The van der Waals surface area contributed by atoms with E-state index in [2.05, 4.69) is 24.0 Å². The number of ether oxygens (including phenoxy) is 1. The van der Waals surface area contributed by atoms with Gasteiger partial charge in [-0.05, 0) is 24.6 Å². The van der Waals surface area contributed by atoms with Crippen molar-refractivity contribution in [3.63, 3.8) is 0 Å². The average Bonchev–Trinajstić information content (AvgIpc) is 3.23. The Bertz CT molecular complexity index is 1370. The summed E-state index contributed by atoms with van der Waals surface area (Å²) in [5.74, 6) is 0.435. The summed E-state index contributed by atoms with van der Waals surface area (Å²) >= 11 is 0. The third kappa shape index (κ3) is 2.60. The second kappa shape index (κ2) is 6.65. The van der Waals surface area contributed by atoms with Crippen LogP contribution in [0, 0.1) is 0 Å². The number of fused-ring (bicyclic) bond motifs is 6. The minimum Gasteiger partial charge on any atom is -0.478 e. The summed E-state index contributed by atoms with van der Waals surface area (Å²) in [6.45, 7) is 3.20. The van der Waals surface area contributed by atoms with Crippen molar-refractivity contribution in [1.82, 2.24) is 4.90 Å². The lowest BCUT2D eigenvalue weighted by Crippen LogP contribution is -2.34. The zero-order valence-electron chi connectivity index (χ0n) is 16.9. The molecule has 0 N–H and O–H groups in total. The molecule has 0 spiro atoms. The van der Waals surface area contributed by atoms with E-state index in [0.29, 0.717) is 40.9 Å². The maximum absolute atomic E-state index is 13.2. The molecule has 6 rings (SSSR count). The number of hydrogen-bond donors (Lipinski definition) is 0. The second-order valence-electron chi connectivity index (χ2n) is 8.04. The molecule has 2 heterocycles. The molecule has 1 aromatic heterocycles. The largest absolute Gasteiger partial charge is 0.478 e. The van der Waals surface area contributed by atoms with Gasteiger partial charge in [-0.25, -0.2) is 0 Å². The Hall–Kier alpha value is -3.70. The molecule has 0 bridgehead atoms. The highest BCUT2D eigenvalue weighted by molar-refractivity contribution is 6.31. The number of carbonyl (C=O) groups excluding carboxylic acids is 2. The molecule has 0 radical (unpaired) electrons. The number of nitrogens with zero attached hydrogens (tertiary/aromatic N) is 1. The summed E-state index contributed by atoms with van der Waals surface area (Å²) < 4.78 is 12.1. The van der Waals surface area contributed by atoms with Crippen molar-refractivity contribution in [1.29, 1.82) is 0 Å². The lowest BCUT2D eigenvalue weighted by Gasteiger charge is -2.33. The molecule has 1 atom stereocenters. The fraction of sp³-hybridized carbons (Fsp3) is 0.154. The van der Waals surface area contributed by atoms with Crippen LogP contribution < -0.4 is 4.74 Å². The number of ketones is 2. The molecule has 0 saturated carbocycles. The van der Waals surface area contributed by atoms with Gasteiger partial charge in [-0.2, -0.15) is 0 Å². The first-order chi connectivity index (χ1) is 15.1. The summed E-state index contributed by atoms with van der Waals surface area (Å²) in [6, 6.07) is 21.0. The van der Waals surface area contributed by atoms with Crippen molar-refractivity contribution in [2.75, 3.05) is 6.73 Å². The summed E-state index contributed by atoms with van der Waals surface area (Å²) in [5, 5.41) is 0.666. The molecule has 152 valence electrons. The average molecular weight is 409 g/mol. The van der Waals surface area contributed by atoms with Gasteiger partial charge in [-0.3, -0.25) is 14.5 Å². The number of furan rings is 1. The van der Waals surface area contributed by atoms with E-state index in [1.807, 2.05) is 30.3 Å². The van der Waals surface area contributed by atoms with Gasteiger partial charge in [0.1, 0.15) is 18.1 Å². The number of rotatable bonds is 2. The quantitative estimate of drug-likeness (QED) is 0.405. The maximum Gasteiger partial charge on any atom is 0.229 e. The van der Waals surface area contributed by atoms with Crippen LogP contribution in [0.5, 0.6) is 5.75 Å². The first-order valence-electron chi connectivity index (χ1n) is 10.3. The van der Waals surface area contributed by atoms with Gasteiger partial charge in [0, 0.05) is 29.1 Å². The fourth-order valence-electron chi connectivity index (χ4n) is 4.60. The monoisotopic (exact) mass is 409 g/mol. The molecular weight excluding hydrogens is 390 g/mol. The van der Waals surface area contributed by atoms with Gasteiger partial charge in [0.05, 0.1) is 11.1 Å². The van der Waals surface area contributed by atoms with Crippen LogP contribution >= 0.6 is 0 Å². The third-order valence-electron chi connectivity index (χ3n) is 6.34. The highest BCUT2D eigenvalue weighted by Crippen LogP contribution is 2.41. The predicted molar refractivity (Wildman–Crippen MR) is 115 cm³/mol. The normalized spacial score (nSPS) is 16.4. The van der Waals surface area contributed by atoms with Gasteiger partial charge in [0.25, 0.3) is 0 Å². The molecule has 1 aliphatic heterocycles. The van der Waals surface area contributed by atoms with Gasteiger partial charge in [-0.15, -0.1) is 0 Å². The Kier molecular flexibility index (Phi) is 3.88. The number of benzene rings is 3. The topological polar surface area (TPSA) is 59.8 Å². The molecule has 1 unspecified atom stereocenters. The molecular formula is C26H19NO4. The molecule has 0 amide bonds. The zero-order valence-corrected chi connectivity index (χ0v) is 16.9. The second-order valence-corrected chi connectivity index (χ2v) is 8.04. The van der Waals surface area contributed by atoms with Gasteiger partial charge in [0.2, 0.25) is 5.78 Å². The lowest BCUT2D eigenvalue weighted by atomic mass is 9.87. The van der Waals surface area contributed by atoms with E-state index in [1.165, 1.54) is 5.56 Å². The third-order valence-corrected chi connectivity index (χ3v) is 6.34. The number of hydrogen-bond acceptors (Lipinski definition) is 5. The minimum atomic E-state index is -0.249. The van der Waals surface area contributed by atoms with Crippen molar-refractivity contribution in [2.45, 2.75) is 19.5 Å². The predicted octanol–water partition coefficient (Wildman–Crippen LogP) is 5.12. The molecule has 5 heteroatoms. The van der Waals surface area contributed by atoms with Crippen molar-refractivity contribution in [2.24, 2.45) is 0 Å². The Labute approximate surface area is 178 Å². The summed E-state index contributed by atoms with van der Waals surface area (Å²) in [5.41, 5.74) is 3.79. The summed E-state index contributed by atoms with van der Waals surface area (Å²) in [7, 11) is 0. The van der Waals surface area contributed by atoms with E-state index in [4.69, 9.17) is 9.15 Å². The van der Waals surface area contributed by atoms with E-state index in [1.54, 1.807) is 24.3 Å². The molecule has 2 aliphatic rings. The Morgan fingerprint density at radius 2 is 1.58 bits per heavy atom. The van der Waals surface area contributed by atoms with E-state index in [9.17, 15) is 9.59 Å². The van der Waals surface area contributed by atoms with Gasteiger partial charge < -0.3 is 9.15 Å². The molecule has 5 nitrogen and oxygen atoms in total. The van der Waals surface area contributed by atoms with Gasteiger partial charge in [-0.1, -0.05) is 54.6 Å². The first-order valence-corrected chi connectivity index (χ1v) is 10.3. The van der Waals surface area contributed by atoms with E-state index in [0.717, 1.165) is 11.3 Å². The van der Waals surface area contributed by atoms with E-state index >= 15 is 0 Å². The van der Waals surface area contributed by atoms with Crippen LogP contribution in [-0.2, 0) is 6.54 Å². The van der Waals surface area contributed by atoms with Crippen LogP contribution in [0.3, 0.4) is 0 Å². The Morgan fingerprint density at radius 1 is 0.871 bits per heavy atom. The van der Waals surface area contributed by atoms with E-state index < -0.39 is 0 Å². The zero-order chi connectivity index (χ0) is 21.1. The van der Waals surface area contributed by atoms with Crippen molar-refractivity contribution in [3.8, 4) is 5.75 Å². The SMILES string of the molecule is CC(c1ccccc1)N1COc2ccc3c4c(oc3c2C1)C(=O)c1ccccc1C4=O.